The second-order valence-corrected chi connectivity index (χ2v) is 5.62. The predicted octanol–water partition coefficient (Wildman–Crippen LogP) is 2.54. The second kappa shape index (κ2) is 8.36. The summed E-state index contributed by atoms with van der Waals surface area (Å²) in [5.41, 5.74) is 1.94. The van der Waals surface area contributed by atoms with Gasteiger partial charge in [-0.05, 0) is 17.7 Å². The van der Waals surface area contributed by atoms with Crippen molar-refractivity contribution in [1.29, 1.82) is 0 Å². The fourth-order valence-electron chi connectivity index (χ4n) is 2.57. The van der Waals surface area contributed by atoms with Crippen LogP contribution in [0.25, 0.3) is 0 Å². The van der Waals surface area contributed by atoms with Gasteiger partial charge < -0.3 is 19.7 Å². The summed E-state index contributed by atoms with van der Waals surface area (Å²) < 4.78 is 11.2. The van der Waals surface area contributed by atoms with Gasteiger partial charge in [0.15, 0.2) is 0 Å². The minimum atomic E-state index is 0.0798. The van der Waals surface area contributed by atoms with Crippen LogP contribution >= 0.6 is 0 Å². The van der Waals surface area contributed by atoms with Crippen LogP contribution in [0.15, 0.2) is 54.6 Å². The van der Waals surface area contributed by atoms with E-state index in [1.807, 2.05) is 59.5 Å². The van der Waals surface area contributed by atoms with Crippen molar-refractivity contribution in [1.82, 2.24) is 4.90 Å². The fraction of sp³-hybridized carbons (Fsp3) is 0.316. The molecule has 1 fully saturated rings. The number of anilines is 1. The summed E-state index contributed by atoms with van der Waals surface area (Å²) in [6.45, 7) is 3.30. The maximum Gasteiger partial charge on any atom is 0.242 e. The zero-order valence-corrected chi connectivity index (χ0v) is 13.6. The van der Waals surface area contributed by atoms with Crippen molar-refractivity contribution in [3.05, 3.63) is 60.2 Å². The first-order chi connectivity index (χ1) is 11.8. The van der Waals surface area contributed by atoms with E-state index in [0.29, 0.717) is 32.9 Å². The van der Waals surface area contributed by atoms with E-state index < -0.39 is 0 Å². The number of amides is 1. The Morgan fingerprint density at radius 1 is 1.04 bits per heavy atom. The Bertz CT molecular complexity index is 655. The molecule has 5 heteroatoms. The van der Waals surface area contributed by atoms with E-state index >= 15 is 0 Å². The van der Waals surface area contributed by atoms with Gasteiger partial charge in [0.1, 0.15) is 12.4 Å². The highest BCUT2D eigenvalue weighted by atomic mass is 16.5. The van der Waals surface area contributed by atoms with E-state index in [0.717, 1.165) is 17.0 Å². The Balaban J connectivity index is 1.56. The zero-order valence-electron chi connectivity index (χ0n) is 13.6. The number of nitrogens with one attached hydrogen (secondary N) is 1. The summed E-state index contributed by atoms with van der Waals surface area (Å²) in [7, 11) is 0. The molecule has 1 saturated heterocycles. The minimum absolute atomic E-state index is 0.0798. The molecule has 0 spiro atoms. The SMILES string of the molecule is O=C(CNc1ccccc1OCc1ccccc1)N1CCOCC1. The van der Waals surface area contributed by atoms with Crippen molar-refractivity contribution in [3.63, 3.8) is 0 Å². The normalized spacial score (nSPS) is 14.2. The van der Waals surface area contributed by atoms with Gasteiger partial charge in [-0.1, -0.05) is 42.5 Å². The van der Waals surface area contributed by atoms with Gasteiger partial charge in [-0.25, -0.2) is 0 Å². The van der Waals surface area contributed by atoms with Crippen LogP contribution in [0.3, 0.4) is 0 Å². The molecule has 0 saturated carbocycles. The molecule has 5 nitrogen and oxygen atoms in total. The molecule has 0 unspecified atom stereocenters. The number of hydrogen-bond acceptors (Lipinski definition) is 4. The molecular formula is C19H22N2O3. The van der Waals surface area contributed by atoms with Crippen molar-refractivity contribution in [2.75, 3.05) is 38.2 Å². The topological polar surface area (TPSA) is 50.8 Å². The summed E-state index contributed by atoms with van der Waals surface area (Å²) in [6.07, 6.45) is 0. The molecule has 0 aromatic heterocycles. The van der Waals surface area contributed by atoms with Crippen LogP contribution in [0.2, 0.25) is 0 Å². The Morgan fingerprint density at radius 2 is 1.75 bits per heavy atom. The van der Waals surface area contributed by atoms with E-state index in [2.05, 4.69) is 5.32 Å². The Labute approximate surface area is 142 Å². The van der Waals surface area contributed by atoms with Crippen LogP contribution in [0, 0.1) is 0 Å². The molecular weight excluding hydrogens is 304 g/mol. The Morgan fingerprint density at radius 3 is 2.54 bits per heavy atom. The number of carbonyl (C=O) groups is 1. The van der Waals surface area contributed by atoms with E-state index in [9.17, 15) is 4.79 Å². The molecule has 1 N–H and O–H groups in total. The first kappa shape index (κ1) is 16.3. The van der Waals surface area contributed by atoms with Gasteiger partial charge in [-0.2, -0.15) is 0 Å². The lowest BCUT2D eigenvalue weighted by molar-refractivity contribution is -0.133. The predicted molar refractivity (Wildman–Crippen MR) is 93.1 cm³/mol. The van der Waals surface area contributed by atoms with E-state index in [-0.39, 0.29) is 12.5 Å². The summed E-state index contributed by atoms with van der Waals surface area (Å²) >= 11 is 0. The van der Waals surface area contributed by atoms with Crippen molar-refractivity contribution in [2.24, 2.45) is 0 Å². The van der Waals surface area contributed by atoms with Gasteiger partial charge in [0.2, 0.25) is 5.91 Å². The van der Waals surface area contributed by atoms with Crippen LogP contribution in [0.1, 0.15) is 5.56 Å². The maximum absolute atomic E-state index is 12.2. The number of carbonyl (C=O) groups excluding carboxylic acids is 1. The van der Waals surface area contributed by atoms with Crippen LogP contribution in [-0.2, 0) is 16.1 Å². The number of rotatable bonds is 6. The highest BCUT2D eigenvalue weighted by Gasteiger charge is 2.16. The second-order valence-electron chi connectivity index (χ2n) is 5.62. The number of ether oxygens (including phenoxy) is 2. The van der Waals surface area contributed by atoms with Crippen molar-refractivity contribution in [2.45, 2.75) is 6.61 Å². The molecule has 0 bridgehead atoms. The third-order valence-electron chi connectivity index (χ3n) is 3.92. The summed E-state index contributed by atoms with van der Waals surface area (Å²) in [5, 5.41) is 3.19. The molecule has 0 aliphatic carbocycles. The van der Waals surface area contributed by atoms with Crippen molar-refractivity contribution < 1.29 is 14.3 Å². The van der Waals surface area contributed by atoms with Crippen LogP contribution in [0.5, 0.6) is 5.75 Å². The van der Waals surface area contributed by atoms with Gasteiger partial charge in [-0.3, -0.25) is 4.79 Å². The smallest absolute Gasteiger partial charge is 0.242 e. The lowest BCUT2D eigenvalue weighted by Gasteiger charge is -2.27. The van der Waals surface area contributed by atoms with Crippen molar-refractivity contribution in [3.8, 4) is 5.75 Å². The molecule has 0 radical (unpaired) electrons. The molecule has 1 amide bonds. The van der Waals surface area contributed by atoms with Gasteiger partial charge >= 0.3 is 0 Å². The minimum Gasteiger partial charge on any atom is -0.487 e. The van der Waals surface area contributed by atoms with Crippen LogP contribution < -0.4 is 10.1 Å². The zero-order chi connectivity index (χ0) is 16.6. The molecule has 0 atom stereocenters. The Kier molecular flexibility index (Phi) is 5.69. The molecule has 3 rings (SSSR count). The number of hydrogen-bond donors (Lipinski definition) is 1. The van der Waals surface area contributed by atoms with Crippen molar-refractivity contribution >= 4 is 11.6 Å². The number of benzene rings is 2. The molecule has 126 valence electrons. The molecule has 1 heterocycles. The summed E-state index contributed by atoms with van der Waals surface area (Å²) in [4.78, 5) is 14.1. The van der Waals surface area contributed by atoms with E-state index in [1.165, 1.54) is 0 Å². The van der Waals surface area contributed by atoms with Gasteiger partial charge in [0, 0.05) is 13.1 Å². The first-order valence-corrected chi connectivity index (χ1v) is 8.18. The quantitative estimate of drug-likeness (QED) is 0.886. The summed E-state index contributed by atoms with van der Waals surface area (Å²) in [6, 6.07) is 17.7. The number of morpholine rings is 1. The number of nitrogens with zero attached hydrogens (tertiary/aromatic N) is 1. The van der Waals surface area contributed by atoms with Gasteiger partial charge in [0.25, 0.3) is 0 Å². The number of para-hydroxylation sites is 2. The van der Waals surface area contributed by atoms with E-state index in [1.54, 1.807) is 0 Å². The third kappa shape index (κ3) is 4.49. The van der Waals surface area contributed by atoms with Gasteiger partial charge in [-0.15, -0.1) is 0 Å². The average Bonchev–Trinajstić information content (AvgIpc) is 2.66. The fourth-order valence-corrected chi connectivity index (χ4v) is 2.57. The molecule has 24 heavy (non-hydrogen) atoms. The van der Waals surface area contributed by atoms with Crippen LogP contribution in [0.4, 0.5) is 5.69 Å². The van der Waals surface area contributed by atoms with Crippen LogP contribution in [-0.4, -0.2) is 43.7 Å². The molecule has 1 aliphatic rings. The molecule has 1 aliphatic heterocycles. The third-order valence-corrected chi connectivity index (χ3v) is 3.92. The maximum atomic E-state index is 12.2. The highest BCUT2D eigenvalue weighted by Crippen LogP contribution is 2.24. The lowest BCUT2D eigenvalue weighted by Crippen LogP contribution is -2.43. The van der Waals surface area contributed by atoms with Gasteiger partial charge in [0.05, 0.1) is 25.4 Å². The first-order valence-electron chi connectivity index (χ1n) is 8.18. The molecule has 2 aromatic rings. The largest absolute Gasteiger partial charge is 0.487 e. The average molecular weight is 326 g/mol. The lowest BCUT2D eigenvalue weighted by atomic mass is 10.2. The Hall–Kier alpha value is -2.53. The monoisotopic (exact) mass is 326 g/mol. The standard InChI is InChI=1S/C19H22N2O3/c22-19(21-10-12-23-13-11-21)14-20-17-8-4-5-9-18(17)24-15-16-6-2-1-3-7-16/h1-9,20H,10-15H2. The van der Waals surface area contributed by atoms with E-state index in [4.69, 9.17) is 9.47 Å². The molecule has 2 aromatic carbocycles. The highest BCUT2D eigenvalue weighted by molar-refractivity contribution is 5.81. The summed E-state index contributed by atoms with van der Waals surface area (Å²) in [5.74, 6) is 0.826.